The number of anilines is 1. The van der Waals surface area contributed by atoms with Gasteiger partial charge in [0.15, 0.2) is 11.5 Å². The second-order valence-corrected chi connectivity index (χ2v) is 4.37. The van der Waals surface area contributed by atoms with Gasteiger partial charge in [0.1, 0.15) is 19.8 Å². The Morgan fingerprint density at radius 1 is 0.682 bits per heavy atom. The molecule has 0 amide bonds. The number of nitrogen functional groups attached to an aromatic ring is 1. The van der Waals surface area contributed by atoms with Crippen LogP contribution in [-0.2, 0) is 14.2 Å². The molecule has 2 N–H and O–H groups in total. The van der Waals surface area contributed by atoms with Crippen molar-refractivity contribution in [1.29, 1.82) is 0 Å². The van der Waals surface area contributed by atoms with Gasteiger partial charge < -0.3 is 34.2 Å². The summed E-state index contributed by atoms with van der Waals surface area (Å²) >= 11 is 0. The van der Waals surface area contributed by atoms with Crippen molar-refractivity contribution < 1.29 is 28.4 Å². The smallest absolute Gasteiger partial charge is 0.203 e. The molecule has 126 valence electrons. The normalized spacial score (nSPS) is 10.5. The van der Waals surface area contributed by atoms with Crippen LogP contribution >= 0.6 is 0 Å². The lowest BCUT2D eigenvalue weighted by Gasteiger charge is -2.17. The molecule has 1 aromatic carbocycles. The van der Waals surface area contributed by atoms with E-state index < -0.39 is 0 Å². The minimum atomic E-state index is 0.377. The molecule has 0 atom stereocenters. The van der Waals surface area contributed by atoms with E-state index in [-0.39, 0.29) is 0 Å². The molecule has 0 saturated carbocycles. The summed E-state index contributed by atoms with van der Waals surface area (Å²) < 4.78 is 32.0. The van der Waals surface area contributed by atoms with Gasteiger partial charge in [0, 0.05) is 39.1 Å². The summed E-state index contributed by atoms with van der Waals surface area (Å²) in [6.45, 7) is 2.54. The van der Waals surface area contributed by atoms with Gasteiger partial charge in [-0.1, -0.05) is 0 Å². The molecule has 0 fully saturated rings. The summed E-state index contributed by atoms with van der Waals surface area (Å²) in [6, 6.07) is 3.39. The molecule has 0 aliphatic heterocycles. The second-order valence-electron chi connectivity index (χ2n) is 4.37. The molecule has 7 nitrogen and oxygen atoms in total. The van der Waals surface area contributed by atoms with Crippen molar-refractivity contribution in [3.05, 3.63) is 12.1 Å². The van der Waals surface area contributed by atoms with Crippen LogP contribution in [0.4, 0.5) is 5.69 Å². The van der Waals surface area contributed by atoms with Gasteiger partial charge in [-0.2, -0.15) is 0 Å². The molecule has 0 unspecified atom stereocenters. The van der Waals surface area contributed by atoms with Crippen LogP contribution < -0.4 is 19.9 Å². The molecular weight excluding hydrogens is 290 g/mol. The van der Waals surface area contributed by atoms with Gasteiger partial charge in [0.25, 0.3) is 0 Å². The van der Waals surface area contributed by atoms with Gasteiger partial charge in [-0.3, -0.25) is 0 Å². The standard InChI is InChI=1S/C15H25NO6/c1-17-4-7-20-13-10-12(16)11-14(21-8-5-18-2)15(13)22-9-6-19-3/h10-11H,4-9,16H2,1-3H3. The van der Waals surface area contributed by atoms with Crippen LogP contribution in [-0.4, -0.2) is 61.0 Å². The first-order valence-electron chi connectivity index (χ1n) is 7.01. The summed E-state index contributed by atoms with van der Waals surface area (Å²) in [5.41, 5.74) is 6.42. The Kier molecular flexibility index (Phi) is 9.13. The Morgan fingerprint density at radius 2 is 1.09 bits per heavy atom. The Hall–Kier alpha value is -1.70. The fourth-order valence-corrected chi connectivity index (χ4v) is 1.65. The number of hydrogen-bond acceptors (Lipinski definition) is 7. The maximum atomic E-state index is 5.89. The fourth-order valence-electron chi connectivity index (χ4n) is 1.65. The molecule has 0 aliphatic carbocycles. The lowest BCUT2D eigenvalue weighted by molar-refractivity contribution is 0.123. The van der Waals surface area contributed by atoms with Gasteiger partial charge in [-0.15, -0.1) is 0 Å². The number of nitrogens with two attached hydrogens (primary N) is 1. The highest BCUT2D eigenvalue weighted by molar-refractivity contribution is 5.60. The van der Waals surface area contributed by atoms with E-state index in [0.717, 1.165) is 0 Å². The highest BCUT2D eigenvalue weighted by Crippen LogP contribution is 2.39. The average molecular weight is 315 g/mol. The van der Waals surface area contributed by atoms with Crippen molar-refractivity contribution >= 4 is 5.69 Å². The zero-order chi connectivity index (χ0) is 16.2. The highest BCUT2D eigenvalue weighted by Gasteiger charge is 2.15. The molecule has 0 spiro atoms. The number of benzene rings is 1. The molecule has 0 aromatic heterocycles. The molecule has 0 heterocycles. The molecule has 0 saturated heterocycles. The van der Waals surface area contributed by atoms with Crippen molar-refractivity contribution in [2.24, 2.45) is 0 Å². The summed E-state index contributed by atoms with van der Waals surface area (Å²) in [7, 11) is 4.83. The van der Waals surface area contributed by atoms with Crippen molar-refractivity contribution in [1.82, 2.24) is 0 Å². The minimum Gasteiger partial charge on any atom is -0.487 e. The van der Waals surface area contributed by atoms with E-state index in [1.165, 1.54) is 0 Å². The lowest BCUT2D eigenvalue weighted by atomic mass is 10.2. The summed E-state index contributed by atoms with van der Waals surface area (Å²) in [5.74, 6) is 1.53. The first-order valence-corrected chi connectivity index (χ1v) is 7.01. The molecule has 1 rings (SSSR count). The number of rotatable bonds is 12. The largest absolute Gasteiger partial charge is 0.487 e. The average Bonchev–Trinajstić information content (AvgIpc) is 2.50. The third-order valence-electron chi connectivity index (χ3n) is 2.67. The van der Waals surface area contributed by atoms with Crippen molar-refractivity contribution in [2.45, 2.75) is 0 Å². The number of methoxy groups -OCH3 is 3. The Labute approximate surface area is 131 Å². The maximum Gasteiger partial charge on any atom is 0.203 e. The van der Waals surface area contributed by atoms with Gasteiger partial charge in [0.2, 0.25) is 5.75 Å². The third kappa shape index (κ3) is 6.38. The van der Waals surface area contributed by atoms with E-state index in [9.17, 15) is 0 Å². The fraction of sp³-hybridized carbons (Fsp3) is 0.600. The minimum absolute atomic E-state index is 0.377. The monoisotopic (exact) mass is 315 g/mol. The van der Waals surface area contributed by atoms with Crippen LogP contribution in [0, 0.1) is 0 Å². The molecular formula is C15H25NO6. The van der Waals surface area contributed by atoms with Crippen LogP contribution in [0.3, 0.4) is 0 Å². The van der Waals surface area contributed by atoms with Crippen molar-refractivity contribution in [3.8, 4) is 17.2 Å². The zero-order valence-corrected chi connectivity index (χ0v) is 13.4. The summed E-state index contributed by atoms with van der Waals surface area (Å²) in [6.07, 6.45) is 0. The van der Waals surface area contributed by atoms with Crippen LogP contribution in [0.1, 0.15) is 0 Å². The first kappa shape index (κ1) is 18.3. The maximum absolute atomic E-state index is 5.89. The third-order valence-corrected chi connectivity index (χ3v) is 2.67. The molecule has 7 heteroatoms. The summed E-state index contributed by atoms with van der Waals surface area (Å²) in [5, 5.41) is 0. The van der Waals surface area contributed by atoms with Gasteiger partial charge in [-0.05, 0) is 0 Å². The van der Waals surface area contributed by atoms with Gasteiger partial charge in [0.05, 0.1) is 19.8 Å². The van der Waals surface area contributed by atoms with Crippen LogP contribution in [0.15, 0.2) is 12.1 Å². The van der Waals surface area contributed by atoms with Crippen LogP contribution in [0.2, 0.25) is 0 Å². The molecule has 0 aliphatic rings. The van der Waals surface area contributed by atoms with E-state index in [0.29, 0.717) is 62.6 Å². The molecule has 22 heavy (non-hydrogen) atoms. The quantitative estimate of drug-likeness (QED) is 0.460. The van der Waals surface area contributed by atoms with Gasteiger partial charge in [-0.25, -0.2) is 0 Å². The van der Waals surface area contributed by atoms with Gasteiger partial charge >= 0.3 is 0 Å². The highest BCUT2D eigenvalue weighted by atomic mass is 16.6. The Bertz CT molecular complexity index is 395. The second kappa shape index (κ2) is 10.9. The van der Waals surface area contributed by atoms with Crippen LogP contribution in [0.5, 0.6) is 17.2 Å². The van der Waals surface area contributed by atoms with E-state index in [2.05, 4.69) is 0 Å². The topological polar surface area (TPSA) is 81.4 Å². The predicted octanol–water partition coefficient (Wildman–Crippen LogP) is 1.34. The number of hydrogen-bond donors (Lipinski definition) is 1. The Morgan fingerprint density at radius 3 is 1.50 bits per heavy atom. The molecule has 0 bridgehead atoms. The van der Waals surface area contributed by atoms with E-state index in [4.69, 9.17) is 34.2 Å². The number of ether oxygens (including phenoxy) is 6. The predicted molar refractivity (Wildman–Crippen MR) is 83.0 cm³/mol. The zero-order valence-electron chi connectivity index (χ0n) is 13.4. The van der Waals surface area contributed by atoms with E-state index >= 15 is 0 Å². The van der Waals surface area contributed by atoms with E-state index in [1.807, 2.05) is 0 Å². The Balaban J connectivity index is 2.88. The van der Waals surface area contributed by atoms with Crippen molar-refractivity contribution in [2.75, 3.05) is 66.7 Å². The lowest BCUT2D eigenvalue weighted by Crippen LogP contribution is -2.11. The first-order chi connectivity index (χ1) is 10.7. The molecule has 0 radical (unpaired) electrons. The van der Waals surface area contributed by atoms with E-state index in [1.54, 1.807) is 33.5 Å². The van der Waals surface area contributed by atoms with Crippen LogP contribution in [0.25, 0.3) is 0 Å². The molecule has 1 aromatic rings. The summed E-state index contributed by atoms with van der Waals surface area (Å²) in [4.78, 5) is 0. The SMILES string of the molecule is COCCOc1cc(N)cc(OCCOC)c1OCCOC. The van der Waals surface area contributed by atoms with Crippen molar-refractivity contribution in [3.63, 3.8) is 0 Å².